The summed E-state index contributed by atoms with van der Waals surface area (Å²) in [7, 11) is 0. The van der Waals surface area contributed by atoms with Crippen molar-refractivity contribution in [3.05, 3.63) is 46.7 Å². The smallest absolute Gasteiger partial charge is 0.226 e. The SMILES string of the molecule is O=C(Cc1ccn[nH]1)NCCNc1cccc(Br)c1. The van der Waals surface area contributed by atoms with E-state index in [4.69, 9.17) is 0 Å². The Balaban J connectivity index is 1.65. The molecule has 3 N–H and O–H groups in total. The minimum absolute atomic E-state index is 0.0136. The van der Waals surface area contributed by atoms with Gasteiger partial charge in [0.1, 0.15) is 0 Å². The third-order valence-corrected chi connectivity index (χ3v) is 3.00. The fourth-order valence-corrected chi connectivity index (χ4v) is 2.03. The summed E-state index contributed by atoms with van der Waals surface area (Å²) in [6, 6.07) is 9.70. The van der Waals surface area contributed by atoms with Crippen molar-refractivity contribution in [1.82, 2.24) is 15.5 Å². The summed E-state index contributed by atoms with van der Waals surface area (Å²) in [5.41, 5.74) is 1.84. The Morgan fingerprint density at radius 1 is 1.32 bits per heavy atom. The zero-order valence-corrected chi connectivity index (χ0v) is 11.9. The highest BCUT2D eigenvalue weighted by molar-refractivity contribution is 9.10. The molecule has 1 heterocycles. The highest BCUT2D eigenvalue weighted by atomic mass is 79.9. The molecule has 0 bridgehead atoms. The summed E-state index contributed by atoms with van der Waals surface area (Å²) in [6.45, 7) is 1.27. The lowest BCUT2D eigenvalue weighted by atomic mass is 10.3. The van der Waals surface area contributed by atoms with Crippen molar-refractivity contribution in [2.45, 2.75) is 6.42 Å². The monoisotopic (exact) mass is 322 g/mol. The van der Waals surface area contributed by atoms with Crippen LogP contribution < -0.4 is 10.6 Å². The Kier molecular flexibility index (Phi) is 4.97. The molecule has 19 heavy (non-hydrogen) atoms. The average molecular weight is 323 g/mol. The van der Waals surface area contributed by atoms with Crippen molar-refractivity contribution in [1.29, 1.82) is 0 Å². The van der Waals surface area contributed by atoms with Gasteiger partial charge in [-0.2, -0.15) is 5.10 Å². The summed E-state index contributed by atoms with van der Waals surface area (Å²) >= 11 is 3.41. The van der Waals surface area contributed by atoms with Gasteiger partial charge >= 0.3 is 0 Å². The van der Waals surface area contributed by atoms with Crippen molar-refractivity contribution in [3.8, 4) is 0 Å². The van der Waals surface area contributed by atoms with E-state index < -0.39 is 0 Å². The molecule has 1 aromatic heterocycles. The molecule has 0 aliphatic carbocycles. The quantitative estimate of drug-likeness (QED) is 0.712. The molecule has 1 aromatic carbocycles. The maximum atomic E-state index is 11.6. The molecule has 100 valence electrons. The van der Waals surface area contributed by atoms with Crippen molar-refractivity contribution in [2.75, 3.05) is 18.4 Å². The minimum atomic E-state index is -0.0136. The molecule has 0 atom stereocenters. The summed E-state index contributed by atoms with van der Waals surface area (Å²) in [5, 5.41) is 12.6. The van der Waals surface area contributed by atoms with E-state index in [1.165, 1.54) is 0 Å². The molecule has 0 saturated heterocycles. The third kappa shape index (κ3) is 4.75. The molecule has 5 nitrogen and oxygen atoms in total. The summed E-state index contributed by atoms with van der Waals surface area (Å²) in [6.07, 6.45) is 1.97. The molecule has 0 aliphatic rings. The third-order valence-electron chi connectivity index (χ3n) is 2.51. The molecule has 0 aliphatic heterocycles. The van der Waals surface area contributed by atoms with Gasteiger partial charge in [0.05, 0.1) is 6.42 Å². The Hall–Kier alpha value is -1.82. The van der Waals surface area contributed by atoms with Gasteiger partial charge in [-0.3, -0.25) is 9.89 Å². The first-order valence-electron chi connectivity index (χ1n) is 5.98. The number of nitrogens with zero attached hydrogens (tertiary/aromatic N) is 1. The molecular weight excluding hydrogens is 308 g/mol. The second-order valence-electron chi connectivity index (χ2n) is 4.05. The van der Waals surface area contributed by atoms with Crippen LogP contribution in [0.5, 0.6) is 0 Å². The predicted octanol–water partition coefficient (Wildman–Crippen LogP) is 1.94. The normalized spacial score (nSPS) is 10.2. The second-order valence-corrected chi connectivity index (χ2v) is 4.96. The number of aromatic amines is 1. The number of hydrogen-bond acceptors (Lipinski definition) is 3. The number of anilines is 1. The van der Waals surface area contributed by atoms with Gasteiger partial charge in [0.15, 0.2) is 0 Å². The van der Waals surface area contributed by atoms with Crippen LogP contribution >= 0.6 is 15.9 Å². The number of nitrogens with one attached hydrogen (secondary N) is 3. The highest BCUT2D eigenvalue weighted by Gasteiger charge is 2.03. The predicted molar refractivity (Wildman–Crippen MR) is 77.9 cm³/mol. The number of carbonyl (C=O) groups is 1. The number of halogens is 1. The van der Waals surface area contributed by atoms with Gasteiger partial charge in [-0.1, -0.05) is 22.0 Å². The fourth-order valence-electron chi connectivity index (χ4n) is 1.63. The van der Waals surface area contributed by atoms with Crippen LogP contribution in [0.25, 0.3) is 0 Å². The average Bonchev–Trinajstić information content (AvgIpc) is 2.87. The molecule has 0 fully saturated rings. The molecule has 0 unspecified atom stereocenters. The number of benzene rings is 1. The van der Waals surface area contributed by atoms with Crippen LogP contribution in [-0.4, -0.2) is 29.2 Å². The zero-order valence-electron chi connectivity index (χ0n) is 10.3. The van der Waals surface area contributed by atoms with Crippen molar-refractivity contribution in [2.24, 2.45) is 0 Å². The van der Waals surface area contributed by atoms with Crippen LogP contribution in [0.1, 0.15) is 5.69 Å². The summed E-state index contributed by atoms with van der Waals surface area (Å²) < 4.78 is 1.03. The van der Waals surface area contributed by atoms with Gasteiger partial charge in [-0.25, -0.2) is 0 Å². The first-order chi connectivity index (χ1) is 9.24. The molecule has 1 amide bonds. The lowest BCUT2D eigenvalue weighted by Crippen LogP contribution is -2.30. The molecule has 0 spiro atoms. The molecule has 0 saturated carbocycles. The maximum Gasteiger partial charge on any atom is 0.226 e. The van der Waals surface area contributed by atoms with E-state index in [0.29, 0.717) is 19.5 Å². The Morgan fingerprint density at radius 3 is 2.95 bits per heavy atom. The molecule has 2 rings (SSSR count). The van der Waals surface area contributed by atoms with Crippen molar-refractivity contribution in [3.63, 3.8) is 0 Å². The van der Waals surface area contributed by atoms with E-state index in [9.17, 15) is 4.79 Å². The number of carbonyl (C=O) groups excluding carboxylic acids is 1. The topological polar surface area (TPSA) is 69.8 Å². The van der Waals surface area contributed by atoms with E-state index in [2.05, 4.69) is 36.8 Å². The highest BCUT2D eigenvalue weighted by Crippen LogP contribution is 2.14. The van der Waals surface area contributed by atoms with Crippen LogP contribution in [0.3, 0.4) is 0 Å². The maximum absolute atomic E-state index is 11.6. The van der Waals surface area contributed by atoms with Gasteiger partial charge in [0.25, 0.3) is 0 Å². The summed E-state index contributed by atoms with van der Waals surface area (Å²) in [4.78, 5) is 11.6. The Bertz CT molecular complexity index is 527. The second kappa shape index (κ2) is 6.94. The van der Waals surface area contributed by atoms with Crippen LogP contribution in [0, 0.1) is 0 Å². The van der Waals surface area contributed by atoms with Crippen LogP contribution in [0.2, 0.25) is 0 Å². The van der Waals surface area contributed by atoms with Crippen molar-refractivity contribution >= 4 is 27.5 Å². The number of hydrogen-bond donors (Lipinski definition) is 3. The van der Waals surface area contributed by atoms with Gasteiger partial charge in [0.2, 0.25) is 5.91 Å². The number of amides is 1. The minimum Gasteiger partial charge on any atom is -0.383 e. The Morgan fingerprint density at radius 2 is 2.21 bits per heavy atom. The van der Waals surface area contributed by atoms with Gasteiger partial charge in [0, 0.05) is 35.1 Å². The van der Waals surface area contributed by atoms with Gasteiger partial charge in [-0.15, -0.1) is 0 Å². The number of aromatic nitrogens is 2. The van der Waals surface area contributed by atoms with E-state index in [1.807, 2.05) is 24.3 Å². The lowest BCUT2D eigenvalue weighted by molar-refractivity contribution is -0.120. The number of H-pyrrole nitrogens is 1. The van der Waals surface area contributed by atoms with E-state index in [-0.39, 0.29) is 5.91 Å². The van der Waals surface area contributed by atoms with E-state index >= 15 is 0 Å². The first kappa shape index (κ1) is 13.6. The van der Waals surface area contributed by atoms with Crippen LogP contribution in [0.15, 0.2) is 41.0 Å². The number of rotatable bonds is 6. The lowest BCUT2D eigenvalue weighted by Gasteiger charge is -2.08. The molecular formula is C13H15BrN4O. The molecule has 0 radical (unpaired) electrons. The molecule has 6 heteroatoms. The van der Waals surface area contributed by atoms with E-state index in [0.717, 1.165) is 15.9 Å². The zero-order chi connectivity index (χ0) is 13.5. The summed E-state index contributed by atoms with van der Waals surface area (Å²) in [5.74, 6) is -0.0136. The van der Waals surface area contributed by atoms with Gasteiger partial charge in [-0.05, 0) is 24.3 Å². The van der Waals surface area contributed by atoms with E-state index in [1.54, 1.807) is 12.3 Å². The van der Waals surface area contributed by atoms with Crippen molar-refractivity contribution < 1.29 is 4.79 Å². The van der Waals surface area contributed by atoms with Crippen LogP contribution in [-0.2, 0) is 11.2 Å². The fraction of sp³-hybridized carbons (Fsp3) is 0.231. The Labute approximate surface area is 119 Å². The van der Waals surface area contributed by atoms with Crippen LogP contribution in [0.4, 0.5) is 5.69 Å². The largest absolute Gasteiger partial charge is 0.383 e. The first-order valence-corrected chi connectivity index (χ1v) is 6.78. The van der Waals surface area contributed by atoms with Gasteiger partial charge < -0.3 is 10.6 Å². The standard InChI is InChI=1S/C13H15BrN4O/c14-10-2-1-3-11(8-10)15-6-7-16-13(19)9-12-4-5-17-18-12/h1-5,8,15H,6-7,9H2,(H,16,19)(H,17,18). The molecule has 2 aromatic rings.